The molecule has 3 aromatic rings. The Kier molecular flexibility index (Phi) is 5.17. The minimum absolute atomic E-state index is 0.222. The predicted molar refractivity (Wildman–Crippen MR) is 91.9 cm³/mol. The third kappa shape index (κ3) is 4.17. The summed E-state index contributed by atoms with van der Waals surface area (Å²) in [6.45, 7) is 2.94. The highest BCUT2D eigenvalue weighted by atomic mass is 32.1. The second-order valence-corrected chi connectivity index (χ2v) is 6.28. The molecule has 3 aromatic heterocycles. The largest absolute Gasteiger partial charge is 0.334 e. The highest BCUT2D eigenvalue weighted by molar-refractivity contribution is 7.11. The summed E-state index contributed by atoms with van der Waals surface area (Å²) in [6.07, 6.45) is 8.04. The van der Waals surface area contributed by atoms with E-state index in [2.05, 4.69) is 32.6 Å². The van der Waals surface area contributed by atoms with Gasteiger partial charge >= 0.3 is 6.03 Å². The van der Waals surface area contributed by atoms with Crippen molar-refractivity contribution in [1.82, 2.24) is 30.4 Å². The van der Waals surface area contributed by atoms with E-state index >= 15 is 0 Å². The van der Waals surface area contributed by atoms with Gasteiger partial charge in [-0.15, -0.1) is 11.3 Å². The van der Waals surface area contributed by atoms with E-state index < -0.39 is 0 Å². The average molecular weight is 342 g/mol. The van der Waals surface area contributed by atoms with Crippen LogP contribution < -0.4 is 10.6 Å². The van der Waals surface area contributed by atoms with Crippen molar-refractivity contribution in [2.45, 2.75) is 26.4 Å². The van der Waals surface area contributed by atoms with Crippen molar-refractivity contribution in [3.05, 3.63) is 58.4 Å². The van der Waals surface area contributed by atoms with Crippen molar-refractivity contribution in [3.63, 3.8) is 0 Å². The maximum atomic E-state index is 11.9. The van der Waals surface area contributed by atoms with Crippen molar-refractivity contribution >= 4 is 17.4 Å². The molecule has 0 bridgehead atoms. The van der Waals surface area contributed by atoms with E-state index in [-0.39, 0.29) is 6.03 Å². The van der Waals surface area contributed by atoms with E-state index in [0.717, 1.165) is 22.8 Å². The lowest BCUT2D eigenvalue weighted by Crippen LogP contribution is -2.34. The van der Waals surface area contributed by atoms with Crippen molar-refractivity contribution in [3.8, 4) is 5.82 Å². The maximum absolute atomic E-state index is 11.9. The van der Waals surface area contributed by atoms with Crippen LogP contribution in [0.3, 0.4) is 0 Å². The van der Waals surface area contributed by atoms with Crippen LogP contribution in [0.4, 0.5) is 4.79 Å². The molecular weight excluding hydrogens is 324 g/mol. The number of urea groups is 1. The Morgan fingerprint density at radius 3 is 2.88 bits per heavy atom. The quantitative estimate of drug-likeness (QED) is 0.720. The molecule has 0 aromatic carbocycles. The van der Waals surface area contributed by atoms with Crippen LogP contribution in [0, 0.1) is 0 Å². The van der Waals surface area contributed by atoms with Crippen molar-refractivity contribution in [2.75, 3.05) is 0 Å². The van der Waals surface area contributed by atoms with E-state index in [1.54, 1.807) is 28.4 Å². The second kappa shape index (κ2) is 7.69. The summed E-state index contributed by atoms with van der Waals surface area (Å²) in [4.78, 5) is 21.7. The standard InChI is InChI=1S/C16H18N6OS/c1-2-13-10-18-15(24-13)11-20-16(23)19-9-12-4-6-17-14(8-12)22-7-3-5-21-22/h3-8,10H,2,9,11H2,1H3,(H2,19,20,23). The normalized spacial score (nSPS) is 10.5. The molecule has 0 saturated heterocycles. The maximum Gasteiger partial charge on any atom is 0.315 e. The van der Waals surface area contributed by atoms with Gasteiger partial charge in [-0.2, -0.15) is 5.10 Å². The first-order valence-corrected chi connectivity index (χ1v) is 8.46. The molecule has 7 nitrogen and oxygen atoms in total. The fourth-order valence-electron chi connectivity index (χ4n) is 2.09. The molecule has 0 aliphatic rings. The van der Waals surface area contributed by atoms with E-state index in [0.29, 0.717) is 13.1 Å². The van der Waals surface area contributed by atoms with Crippen molar-refractivity contribution < 1.29 is 4.79 Å². The van der Waals surface area contributed by atoms with Gasteiger partial charge in [0.1, 0.15) is 5.01 Å². The predicted octanol–water partition coefficient (Wildman–Crippen LogP) is 2.29. The molecule has 3 rings (SSSR count). The van der Waals surface area contributed by atoms with Crippen molar-refractivity contribution in [2.24, 2.45) is 0 Å². The fraction of sp³-hybridized carbons (Fsp3) is 0.250. The highest BCUT2D eigenvalue weighted by Crippen LogP contribution is 2.12. The lowest BCUT2D eigenvalue weighted by atomic mass is 10.2. The summed E-state index contributed by atoms with van der Waals surface area (Å²) in [5.41, 5.74) is 0.952. The Labute approximate surface area is 143 Å². The number of thiazole rings is 1. The average Bonchev–Trinajstić information content (AvgIpc) is 3.30. The molecule has 24 heavy (non-hydrogen) atoms. The number of hydrogen-bond acceptors (Lipinski definition) is 5. The molecule has 0 unspecified atom stereocenters. The van der Waals surface area contributed by atoms with Crippen molar-refractivity contribution in [1.29, 1.82) is 0 Å². The van der Waals surface area contributed by atoms with Crippen LogP contribution in [0.25, 0.3) is 5.82 Å². The van der Waals surface area contributed by atoms with Crippen LogP contribution in [0.15, 0.2) is 43.0 Å². The summed E-state index contributed by atoms with van der Waals surface area (Å²) in [5.74, 6) is 0.717. The third-order valence-electron chi connectivity index (χ3n) is 3.35. The van der Waals surface area contributed by atoms with Crippen LogP contribution in [0.5, 0.6) is 0 Å². The molecule has 0 spiro atoms. The first-order chi connectivity index (χ1) is 11.7. The van der Waals surface area contributed by atoms with Crippen LogP contribution in [-0.4, -0.2) is 25.8 Å². The lowest BCUT2D eigenvalue weighted by Gasteiger charge is -2.07. The summed E-state index contributed by atoms with van der Waals surface area (Å²) < 4.78 is 1.68. The Balaban J connectivity index is 1.50. The molecule has 2 amide bonds. The van der Waals surface area contributed by atoms with Crippen LogP contribution in [0.1, 0.15) is 22.4 Å². The van der Waals surface area contributed by atoms with Gasteiger partial charge in [-0.1, -0.05) is 6.92 Å². The first-order valence-electron chi connectivity index (χ1n) is 7.65. The molecule has 0 aliphatic carbocycles. The number of amides is 2. The van der Waals surface area contributed by atoms with Gasteiger partial charge in [0.25, 0.3) is 0 Å². The molecule has 3 heterocycles. The summed E-state index contributed by atoms with van der Waals surface area (Å²) in [5, 5.41) is 10.7. The third-order valence-corrected chi connectivity index (χ3v) is 4.49. The number of pyridine rings is 1. The van der Waals surface area contributed by atoms with Gasteiger partial charge < -0.3 is 10.6 Å². The number of rotatable bonds is 6. The summed E-state index contributed by atoms with van der Waals surface area (Å²) >= 11 is 1.62. The zero-order valence-electron chi connectivity index (χ0n) is 13.3. The van der Waals surface area contributed by atoms with Gasteiger partial charge in [-0.25, -0.2) is 19.4 Å². The fourth-order valence-corrected chi connectivity index (χ4v) is 2.90. The Hall–Kier alpha value is -2.74. The SMILES string of the molecule is CCc1cnc(CNC(=O)NCc2ccnc(-n3cccn3)c2)s1. The van der Waals surface area contributed by atoms with E-state index in [4.69, 9.17) is 0 Å². The molecular formula is C16H18N6OS. The molecule has 0 fully saturated rings. The number of carbonyl (C=O) groups excluding carboxylic acids is 1. The molecule has 0 radical (unpaired) electrons. The lowest BCUT2D eigenvalue weighted by molar-refractivity contribution is 0.240. The zero-order valence-corrected chi connectivity index (χ0v) is 14.1. The second-order valence-electron chi connectivity index (χ2n) is 5.08. The Morgan fingerprint density at radius 2 is 2.12 bits per heavy atom. The van der Waals surface area contributed by atoms with Gasteiger partial charge in [0.2, 0.25) is 0 Å². The first kappa shape index (κ1) is 16.1. The van der Waals surface area contributed by atoms with E-state index in [1.165, 1.54) is 4.88 Å². The van der Waals surface area contributed by atoms with Gasteiger partial charge in [-0.05, 0) is 30.2 Å². The van der Waals surface area contributed by atoms with Crippen LogP contribution in [-0.2, 0) is 19.5 Å². The molecule has 0 saturated carbocycles. The Bertz CT molecular complexity index is 799. The number of nitrogens with one attached hydrogen (secondary N) is 2. The number of aromatic nitrogens is 4. The zero-order chi connectivity index (χ0) is 16.8. The number of nitrogens with zero attached hydrogens (tertiary/aromatic N) is 4. The van der Waals surface area contributed by atoms with E-state index in [9.17, 15) is 4.79 Å². The minimum atomic E-state index is -0.222. The minimum Gasteiger partial charge on any atom is -0.334 e. The van der Waals surface area contributed by atoms with E-state index in [1.807, 2.05) is 30.6 Å². The van der Waals surface area contributed by atoms with Gasteiger partial charge in [0.15, 0.2) is 5.82 Å². The molecule has 0 atom stereocenters. The number of carbonyl (C=O) groups is 1. The van der Waals surface area contributed by atoms with Gasteiger partial charge in [0, 0.05) is 36.2 Å². The number of aryl methyl sites for hydroxylation is 1. The van der Waals surface area contributed by atoms with Crippen LogP contribution >= 0.6 is 11.3 Å². The number of hydrogen-bond donors (Lipinski definition) is 2. The monoisotopic (exact) mass is 342 g/mol. The summed E-state index contributed by atoms with van der Waals surface area (Å²) in [7, 11) is 0. The smallest absolute Gasteiger partial charge is 0.315 e. The molecule has 8 heteroatoms. The Morgan fingerprint density at radius 1 is 1.25 bits per heavy atom. The molecule has 2 N–H and O–H groups in total. The van der Waals surface area contributed by atoms with Crippen LogP contribution in [0.2, 0.25) is 0 Å². The molecule has 124 valence electrons. The molecule has 0 aliphatic heterocycles. The summed E-state index contributed by atoms with van der Waals surface area (Å²) in [6, 6.07) is 5.37. The van der Waals surface area contributed by atoms with Gasteiger partial charge in [-0.3, -0.25) is 0 Å². The highest BCUT2D eigenvalue weighted by Gasteiger charge is 2.05. The topological polar surface area (TPSA) is 84.7 Å². The van der Waals surface area contributed by atoms with Gasteiger partial charge in [0.05, 0.1) is 6.54 Å².